The number of carbonyl (C=O) groups is 4. The Bertz CT molecular complexity index is 1600. The molecule has 0 bridgehead atoms. The number of aryl methyl sites for hydroxylation is 1. The Balaban J connectivity index is 1.93. The van der Waals surface area contributed by atoms with Crippen LogP contribution in [-0.2, 0) is 45.5 Å². The van der Waals surface area contributed by atoms with E-state index in [-0.39, 0.29) is 21.7 Å². The summed E-state index contributed by atoms with van der Waals surface area (Å²) in [7, 11) is -5.00. The highest BCUT2D eigenvalue weighted by Gasteiger charge is 2.54. The first-order valence-electron chi connectivity index (χ1n) is 13.4. The van der Waals surface area contributed by atoms with Crippen molar-refractivity contribution < 1.29 is 46.5 Å². The molecule has 0 aromatic carbocycles. The Kier molecular flexibility index (Phi) is 9.95. The minimum Gasteiger partial charge on any atom is -0.457 e. The van der Waals surface area contributed by atoms with Crippen molar-refractivity contribution in [2.45, 2.75) is 97.7 Å². The minimum atomic E-state index is -5.00. The number of amides is 3. The number of anilines is 1. The van der Waals surface area contributed by atoms with Crippen LogP contribution in [0.4, 0.5) is 9.93 Å². The number of hydrogen-bond acceptors (Lipinski definition) is 14. The fraction of sp³-hybridized carbons (Fsp3) is 0.600. The molecule has 3 rings (SSSR count). The lowest BCUT2D eigenvalue weighted by molar-refractivity contribution is -0.179. The molecule has 0 saturated carbocycles. The lowest BCUT2D eigenvalue weighted by Crippen LogP contribution is -2.73. The number of nitrogens with zero attached hydrogens (tertiary/aromatic N) is 6. The van der Waals surface area contributed by atoms with Gasteiger partial charge in [0, 0.05) is 5.38 Å². The second kappa shape index (κ2) is 12.7. The van der Waals surface area contributed by atoms with Crippen LogP contribution in [0.15, 0.2) is 16.7 Å². The summed E-state index contributed by atoms with van der Waals surface area (Å²) < 4.78 is 44.2. The van der Waals surface area contributed by atoms with Crippen molar-refractivity contribution in [3.63, 3.8) is 0 Å². The van der Waals surface area contributed by atoms with E-state index in [9.17, 15) is 32.1 Å². The van der Waals surface area contributed by atoms with E-state index in [4.69, 9.17) is 14.3 Å². The number of rotatable bonds is 10. The number of oxime groups is 1. The van der Waals surface area contributed by atoms with Crippen LogP contribution in [0.2, 0.25) is 0 Å². The zero-order valence-electron chi connectivity index (χ0n) is 26.1. The number of thiazole rings is 1. The van der Waals surface area contributed by atoms with Gasteiger partial charge in [-0.15, -0.1) is 11.3 Å². The van der Waals surface area contributed by atoms with E-state index < -0.39 is 68.8 Å². The first-order valence-corrected chi connectivity index (χ1v) is 15.7. The van der Waals surface area contributed by atoms with Crippen molar-refractivity contribution in [3.8, 4) is 0 Å². The number of esters is 1. The monoisotopic (exact) mass is 672 g/mol. The summed E-state index contributed by atoms with van der Waals surface area (Å²) in [6, 6.07) is -2.80. The molecule has 2 aromatic rings. The van der Waals surface area contributed by atoms with Gasteiger partial charge in [0.05, 0.1) is 18.4 Å². The van der Waals surface area contributed by atoms with Crippen molar-refractivity contribution in [2.24, 2.45) is 5.16 Å². The van der Waals surface area contributed by atoms with E-state index in [0.717, 1.165) is 16.1 Å². The SMILES string of the molecule is Cc1cnn(C[C@@H]2[C@H](NC(=O)C(=NOC(C)(C)C(=O)OC(C)(C)C)c3csc(NC(=O)OC(C)(C)C)n3)C(=O)N2S(=O)(=O)O)n1. The summed E-state index contributed by atoms with van der Waals surface area (Å²) in [5, 5.41) is 18.0. The Morgan fingerprint density at radius 1 is 1.09 bits per heavy atom. The van der Waals surface area contributed by atoms with Gasteiger partial charge in [-0.25, -0.2) is 18.9 Å². The zero-order chi connectivity index (χ0) is 34.1. The lowest BCUT2D eigenvalue weighted by atomic mass is 9.98. The van der Waals surface area contributed by atoms with Crippen molar-refractivity contribution in [1.29, 1.82) is 0 Å². The van der Waals surface area contributed by atoms with Gasteiger partial charge in [-0.2, -0.15) is 23.4 Å². The van der Waals surface area contributed by atoms with E-state index >= 15 is 0 Å². The Hall–Kier alpha value is -4.17. The molecule has 3 heterocycles. The maximum absolute atomic E-state index is 13.6. The van der Waals surface area contributed by atoms with E-state index in [1.54, 1.807) is 48.5 Å². The zero-order valence-corrected chi connectivity index (χ0v) is 27.8. The quantitative estimate of drug-likeness (QED) is 0.107. The molecule has 2 aromatic heterocycles. The molecule has 45 heavy (non-hydrogen) atoms. The molecule has 3 N–H and O–H groups in total. The van der Waals surface area contributed by atoms with Crippen molar-refractivity contribution >= 4 is 56.4 Å². The fourth-order valence-corrected chi connectivity index (χ4v) is 5.18. The molecule has 3 amide bonds. The molecule has 1 fully saturated rings. The van der Waals surface area contributed by atoms with Gasteiger partial charge in [0.1, 0.15) is 29.0 Å². The van der Waals surface area contributed by atoms with E-state index in [1.165, 1.54) is 25.4 Å². The minimum absolute atomic E-state index is 0.0152. The standard InChI is InChI=1S/C25H36N8O10S2/c1-13-10-26-32(30-13)11-15-17(19(35)33(15)45(38,39)40)28-18(34)16(31-43-25(8,9)20(36)41-23(2,3)4)14-12-44-21(27-14)29-22(37)42-24(5,6)7/h10,12,15,17H,11H2,1-9H3,(H,28,34)(H,27,29,37)(H,38,39,40)/t15-,17+/m1/s1. The van der Waals surface area contributed by atoms with Crippen molar-refractivity contribution in [1.82, 2.24) is 29.6 Å². The summed E-state index contributed by atoms with van der Waals surface area (Å²) in [5.41, 5.74) is -3.54. The van der Waals surface area contributed by atoms with Gasteiger partial charge in [0.2, 0.25) is 5.60 Å². The number of β-lactam (4-membered cyclic amide) rings is 1. The molecule has 0 radical (unpaired) electrons. The molecule has 1 aliphatic rings. The molecule has 0 spiro atoms. The molecule has 2 atom stereocenters. The molecular weight excluding hydrogens is 636 g/mol. The van der Waals surface area contributed by atoms with Gasteiger partial charge in [0.25, 0.3) is 11.8 Å². The molecule has 1 saturated heterocycles. The third-order valence-electron chi connectivity index (χ3n) is 5.53. The number of ether oxygens (including phenoxy) is 2. The number of carbonyl (C=O) groups excluding carboxylic acids is 4. The van der Waals surface area contributed by atoms with Crippen LogP contribution in [0.25, 0.3) is 0 Å². The van der Waals surface area contributed by atoms with Crippen molar-refractivity contribution in [2.75, 3.05) is 5.32 Å². The summed E-state index contributed by atoms with van der Waals surface area (Å²) in [6.07, 6.45) is 0.579. The molecule has 20 heteroatoms. The summed E-state index contributed by atoms with van der Waals surface area (Å²) in [4.78, 5) is 62.1. The summed E-state index contributed by atoms with van der Waals surface area (Å²) in [6.45, 7) is 14.0. The maximum Gasteiger partial charge on any atom is 0.413 e. The van der Waals surface area contributed by atoms with Gasteiger partial charge >= 0.3 is 22.4 Å². The molecule has 0 unspecified atom stereocenters. The summed E-state index contributed by atoms with van der Waals surface area (Å²) >= 11 is 0.906. The molecule has 248 valence electrons. The van der Waals surface area contributed by atoms with Crippen LogP contribution < -0.4 is 10.6 Å². The smallest absolute Gasteiger partial charge is 0.413 e. The van der Waals surface area contributed by atoms with Crippen LogP contribution >= 0.6 is 11.3 Å². The predicted molar refractivity (Wildman–Crippen MR) is 158 cm³/mol. The Morgan fingerprint density at radius 3 is 2.24 bits per heavy atom. The first-order chi connectivity index (χ1) is 20.5. The normalized spacial score (nSPS) is 17.8. The topological polar surface area (TPSA) is 234 Å². The lowest BCUT2D eigenvalue weighted by Gasteiger charge is -2.43. The first kappa shape index (κ1) is 35.3. The second-order valence-electron chi connectivity index (χ2n) is 12.4. The third-order valence-corrected chi connectivity index (χ3v) is 7.24. The largest absolute Gasteiger partial charge is 0.457 e. The van der Waals surface area contributed by atoms with E-state index in [0.29, 0.717) is 5.69 Å². The van der Waals surface area contributed by atoms with Gasteiger partial charge in [0.15, 0.2) is 10.8 Å². The van der Waals surface area contributed by atoms with Crippen LogP contribution in [0, 0.1) is 6.92 Å². The highest BCUT2D eigenvalue weighted by atomic mass is 32.2. The van der Waals surface area contributed by atoms with E-state index in [1.807, 2.05) is 0 Å². The highest BCUT2D eigenvalue weighted by Crippen LogP contribution is 2.26. The second-order valence-corrected chi connectivity index (χ2v) is 14.5. The number of aromatic nitrogens is 4. The molecule has 18 nitrogen and oxygen atoms in total. The van der Waals surface area contributed by atoms with Gasteiger partial charge in [-0.05, 0) is 62.3 Å². The molecule has 0 aliphatic carbocycles. The maximum atomic E-state index is 13.6. The highest BCUT2D eigenvalue weighted by molar-refractivity contribution is 7.84. The average Bonchev–Trinajstić information content (AvgIpc) is 3.47. The van der Waals surface area contributed by atoms with Crippen molar-refractivity contribution in [3.05, 3.63) is 23.0 Å². The van der Waals surface area contributed by atoms with Crippen LogP contribution in [0.3, 0.4) is 0 Å². The molecule has 1 aliphatic heterocycles. The summed E-state index contributed by atoms with van der Waals surface area (Å²) in [5.74, 6) is -3.00. The average molecular weight is 673 g/mol. The third kappa shape index (κ3) is 9.41. The Morgan fingerprint density at radius 2 is 1.71 bits per heavy atom. The fourth-order valence-electron chi connectivity index (χ4n) is 3.62. The van der Waals surface area contributed by atoms with E-state index in [2.05, 4.69) is 31.0 Å². The predicted octanol–water partition coefficient (Wildman–Crippen LogP) is 1.43. The van der Waals surface area contributed by atoms with Crippen LogP contribution in [-0.4, -0.2) is 95.7 Å². The molecular formula is C25H36N8O10S2. The number of nitrogens with one attached hydrogen (secondary N) is 2. The van der Waals surface area contributed by atoms with Gasteiger partial charge < -0.3 is 19.6 Å². The number of hydrogen-bond donors (Lipinski definition) is 3. The van der Waals surface area contributed by atoms with Crippen LogP contribution in [0.1, 0.15) is 66.8 Å². The van der Waals surface area contributed by atoms with Gasteiger partial charge in [-0.3, -0.25) is 19.5 Å². The Labute approximate surface area is 263 Å². The van der Waals surface area contributed by atoms with Crippen LogP contribution in [0.5, 0.6) is 0 Å². The van der Waals surface area contributed by atoms with Gasteiger partial charge in [-0.1, -0.05) is 5.16 Å².